The minimum Gasteiger partial charge on any atom is -0.354 e. The van der Waals surface area contributed by atoms with Crippen LogP contribution in [0.25, 0.3) is 11.3 Å². The molecule has 0 amide bonds. The lowest BCUT2D eigenvalue weighted by Gasteiger charge is -2.08. The molecular formula is C15H18ClN3. The maximum absolute atomic E-state index is 6.17. The number of aryl methyl sites for hydroxylation is 2. The molecule has 0 radical (unpaired) electrons. The summed E-state index contributed by atoms with van der Waals surface area (Å²) in [4.78, 5) is 8.91. The molecule has 1 aromatic carbocycles. The Kier molecular flexibility index (Phi) is 4.38. The van der Waals surface area contributed by atoms with E-state index in [0.29, 0.717) is 5.95 Å². The smallest absolute Gasteiger partial charge is 0.223 e. The number of rotatable bonds is 4. The quantitative estimate of drug-likeness (QED) is 0.907. The minimum absolute atomic E-state index is 0.675. The maximum atomic E-state index is 6.17. The van der Waals surface area contributed by atoms with Gasteiger partial charge in [0.25, 0.3) is 0 Å². The monoisotopic (exact) mass is 275 g/mol. The second-order valence-electron chi connectivity index (χ2n) is 4.61. The second kappa shape index (κ2) is 6.02. The zero-order chi connectivity index (χ0) is 13.8. The van der Waals surface area contributed by atoms with Crippen LogP contribution < -0.4 is 5.32 Å². The topological polar surface area (TPSA) is 37.8 Å². The van der Waals surface area contributed by atoms with Crippen molar-refractivity contribution in [2.75, 3.05) is 11.9 Å². The zero-order valence-corrected chi connectivity index (χ0v) is 12.3. The van der Waals surface area contributed by atoms with Crippen molar-refractivity contribution in [2.45, 2.75) is 27.2 Å². The van der Waals surface area contributed by atoms with Crippen molar-refractivity contribution in [2.24, 2.45) is 0 Å². The van der Waals surface area contributed by atoms with Gasteiger partial charge in [0.1, 0.15) is 0 Å². The number of aromatic nitrogens is 2. The van der Waals surface area contributed by atoms with Crippen molar-refractivity contribution in [3.63, 3.8) is 0 Å². The van der Waals surface area contributed by atoms with Gasteiger partial charge in [-0.2, -0.15) is 0 Å². The van der Waals surface area contributed by atoms with Crippen LogP contribution in [0.1, 0.15) is 24.6 Å². The molecule has 2 aromatic rings. The van der Waals surface area contributed by atoms with Gasteiger partial charge in [-0.3, -0.25) is 0 Å². The highest BCUT2D eigenvalue weighted by Crippen LogP contribution is 2.25. The van der Waals surface area contributed by atoms with Crippen LogP contribution in [0.5, 0.6) is 0 Å². The van der Waals surface area contributed by atoms with Gasteiger partial charge >= 0.3 is 0 Å². The summed E-state index contributed by atoms with van der Waals surface area (Å²) in [6.07, 6.45) is 1.04. The van der Waals surface area contributed by atoms with E-state index in [2.05, 4.69) is 22.2 Å². The van der Waals surface area contributed by atoms with Crippen LogP contribution in [0, 0.1) is 13.8 Å². The first kappa shape index (κ1) is 13.8. The fourth-order valence-electron chi connectivity index (χ4n) is 1.78. The first-order valence-corrected chi connectivity index (χ1v) is 6.84. The molecule has 1 N–H and O–H groups in total. The lowest BCUT2D eigenvalue weighted by atomic mass is 10.1. The lowest BCUT2D eigenvalue weighted by Crippen LogP contribution is -2.05. The molecule has 0 aliphatic heterocycles. The van der Waals surface area contributed by atoms with Gasteiger partial charge in [0, 0.05) is 22.8 Å². The summed E-state index contributed by atoms with van der Waals surface area (Å²) in [6, 6.07) is 7.96. The maximum Gasteiger partial charge on any atom is 0.223 e. The van der Waals surface area contributed by atoms with Crippen molar-refractivity contribution in [1.82, 2.24) is 9.97 Å². The number of hydrogen-bond donors (Lipinski definition) is 1. The third-order valence-corrected chi connectivity index (χ3v) is 3.26. The van der Waals surface area contributed by atoms with E-state index in [1.54, 1.807) is 0 Å². The number of halogens is 1. The third-order valence-electron chi connectivity index (χ3n) is 2.85. The Hall–Kier alpha value is -1.61. The van der Waals surface area contributed by atoms with E-state index in [0.717, 1.165) is 40.5 Å². The van der Waals surface area contributed by atoms with E-state index < -0.39 is 0 Å². The molecular weight excluding hydrogens is 258 g/mol. The average Bonchev–Trinajstić information content (AvgIpc) is 2.39. The van der Waals surface area contributed by atoms with Crippen LogP contribution in [0.2, 0.25) is 5.02 Å². The average molecular weight is 276 g/mol. The van der Waals surface area contributed by atoms with Crippen molar-refractivity contribution in [3.05, 3.63) is 40.5 Å². The highest BCUT2D eigenvalue weighted by molar-refractivity contribution is 6.31. The summed E-state index contributed by atoms with van der Waals surface area (Å²) in [5, 5.41) is 3.98. The van der Waals surface area contributed by atoms with E-state index in [4.69, 9.17) is 11.6 Å². The molecule has 0 saturated carbocycles. The van der Waals surface area contributed by atoms with Crippen LogP contribution in [0.3, 0.4) is 0 Å². The molecule has 0 atom stereocenters. The van der Waals surface area contributed by atoms with E-state index in [9.17, 15) is 0 Å². The Balaban J connectivity index is 2.37. The van der Waals surface area contributed by atoms with E-state index in [1.807, 2.05) is 38.1 Å². The first-order chi connectivity index (χ1) is 9.10. The normalized spacial score (nSPS) is 10.5. The van der Waals surface area contributed by atoms with E-state index in [1.165, 1.54) is 0 Å². The Bertz CT molecular complexity index is 582. The second-order valence-corrected chi connectivity index (χ2v) is 5.02. The van der Waals surface area contributed by atoms with E-state index >= 15 is 0 Å². The van der Waals surface area contributed by atoms with Gasteiger partial charge < -0.3 is 5.32 Å². The number of benzene rings is 1. The molecule has 19 heavy (non-hydrogen) atoms. The van der Waals surface area contributed by atoms with Gasteiger partial charge in [-0.1, -0.05) is 30.7 Å². The van der Waals surface area contributed by atoms with Gasteiger partial charge in [0.2, 0.25) is 5.95 Å². The largest absolute Gasteiger partial charge is 0.354 e. The van der Waals surface area contributed by atoms with Crippen LogP contribution in [0.4, 0.5) is 5.95 Å². The highest BCUT2D eigenvalue weighted by Gasteiger charge is 2.06. The molecule has 100 valence electrons. The van der Waals surface area contributed by atoms with Crippen LogP contribution in [-0.4, -0.2) is 16.5 Å². The SMILES string of the molecule is CCCNc1nc(C)cc(-c2ccc(C)c(Cl)c2)n1. The Morgan fingerprint density at radius 2 is 1.95 bits per heavy atom. The van der Waals surface area contributed by atoms with Gasteiger partial charge in [0.15, 0.2) is 0 Å². The fraction of sp³-hybridized carbons (Fsp3) is 0.333. The molecule has 4 heteroatoms. The van der Waals surface area contributed by atoms with Crippen LogP contribution >= 0.6 is 11.6 Å². The molecule has 0 bridgehead atoms. The van der Waals surface area contributed by atoms with Crippen molar-refractivity contribution >= 4 is 17.5 Å². The molecule has 2 rings (SSSR count). The summed E-state index contributed by atoms with van der Waals surface area (Å²) in [5.74, 6) is 0.675. The molecule has 0 aliphatic rings. The molecule has 0 aliphatic carbocycles. The van der Waals surface area contributed by atoms with Crippen LogP contribution in [-0.2, 0) is 0 Å². The fourth-order valence-corrected chi connectivity index (χ4v) is 1.97. The lowest BCUT2D eigenvalue weighted by molar-refractivity contribution is 0.947. The number of nitrogens with zero attached hydrogens (tertiary/aromatic N) is 2. The molecule has 3 nitrogen and oxygen atoms in total. The minimum atomic E-state index is 0.675. The summed E-state index contributed by atoms with van der Waals surface area (Å²) in [5.41, 5.74) is 3.93. The number of nitrogens with one attached hydrogen (secondary N) is 1. The van der Waals surface area contributed by atoms with Gasteiger partial charge in [-0.25, -0.2) is 9.97 Å². The third kappa shape index (κ3) is 3.44. The van der Waals surface area contributed by atoms with Gasteiger partial charge in [-0.15, -0.1) is 0 Å². The van der Waals surface area contributed by atoms with Crippen molar-refractivity contribution < 1.29 is 0 Å². The molecule has 0 saturated heterocycles. The first-order valence-electron chi connectivity index (χ1n) is 6.46. The Morgan fingerprint density at radius 3 is 2.63 bits per heavy atom. The molecule has 0 spiro atoms. The van der Waals surface area contributed by atoms with Crippen molar-refractivity contribution in [1.29, 1.82) is 0 Å². The predicted octanol–water partition coefficient (Wildman–Crippen LogP) is 4.24. The molecule has 0 fully saturated rings. The summed E-state index contributed by atoms with van der Waals surface area (Å²) >= 11 is 6.17. The number of hydrogen-bond acceptors (Lipinski definition) is 3. The molecule has 1 aromatic heterocycles. The standard InChI is InChI=1S/C15H18ClN3/c1-4-7-17-15-18-11(3)8-14(19-15)12-6-5-10(2)13(16)9-12/h5-6,8-9H,4,7H2,1-3H3,(H,17,18,19). The molecule has 0 unspecified atom stereocenters. The van der Waals surface area contributed by atoms with Crippen LogP contribution in [0.15, 0.2) is 24.3 Å². The van der Waals surface area contributed by atoms with Crippen molar-refractivity contribution in [3.8, 4) is 11.3 Å². The highest BCUT2D eigenvalue weighted by atomic mass is 35.5. The van der Waals surface area contributed by atoms with E-state index in [-0.39, 0.29) is 0 Å². The molecule has 1 heterocycles. The number of anilines is 1. The van der Waals surface area contributed by atoms with Gasteiger partial charge in [0.05, 0.1) is 5.69 Å². The summed E-state index contributed by atoms with van der Waals surface area (Å²) in [6.45, 7) is 6.95. The Morgan fingerprint density at radius 1 is 1.16 bits per heavy atom. The Labute approximate surface area is 119 Å². The summed E-state index contributed by atoms with van der Waals surface area (Å²) in [7, 11) is 0. The predicted molar refractivity (Wildman–Crippen MR) is 80.7 cm³/mol. The summed E-state index contributed by atoms with van der Waals surface area (Å²) < 4.78 is 0. The van der Waals surface area contributed by atoms with Gasteiger partial charge in [-0.05, 0) is 38.0 Å². The zero-order valence-electron chi connectivity index (χ0n) is 11.5.